The van der Waals surface area contributed by atoms with Crippen molar-refractivity contribution in [2.24, 2.45) is 5.41 Å². The SMILES string of the molecule is CCC(CC)(CC(=O)NCC1(OC)CCOC1)C(=O)O. The number of aliphatic carboxylic acids is 1. The summed E-state index contributed by atoms with van der Waals surface area (Å²) in [6, 6.07) is 0. The Morgan fingerprint density at radius 1 is 1.40 bits per heavy atom. The van der Waals surface area contributed by atoms with Crippen LogP contribution in [0.3, 0.4) is 0 Å². The number of amides is 1. The van der Waals surface area contributed by atoms with Crippen LogP contribution in [0.5, 0.6) is 0 Å². The zero-order valence-corrected chi connectivity index (χ0v) is 12.5. The van der Waals surface area contributed by atoms with Crippen LogP contribution < -0.4 is 5.32 Å². The minimum atomic E-state index is -0.976. The van der Waals surface area contributed by atoms with E-state index in [1.807, 2.05) is 0 Å². The molecule has 0 aliphatic carbocycles. The minimum Gasteiger partial charge on any atom is -0.481 e. The summed E-state index contributed by atoms with van der Waals surface area (Å²) in [6.45, 7) is 5.02. The number of carboxylic acid groups (broad SMARTS) is 1. The Hall–Kier alpha value is -1.14. The van der Waals surface area contributed by atoms with Crippen molar-refractivity contribution in [2.45, 2.75) is 45.1 Å². The van der Waals surface area contributed by atoms with Gasteiger partial charge in [0.25, 0.3) is 0 Å². The molecule has 0 saturated carbocycles. The lowest BCUT2D eigenvalue weighted by atomic mass is 9.79. The van der Waals surface area contributed by atoms with Gasteiger partial charge in [0, 0.05) is 33.1 Å². The molecule has 0 spiro atoms. The predicted octanol–water partition coefficient (Wildman–Crippen LogP) is 1.19. The van der Waals surface area contributed by atoms with Crippen LogP contribution in [0, 0.1) is 5.41 Å². The third-order valence-corrected chi connectivity index (χ3v) is 4.41. The van der Waals surface area contributed by atoms with E-state index < -0.39 is 17.0 Å². The number of hydrogen-bond acceptors (Lipinski definition) is 4. The zero-order chi connectivity index (χ0) is 15.2. The standard InChI is InChI=1S/C14H25NO5/c1-4-13(5-2,12(17)18)8-11(16)15-9-14(19-3)6-7-20-10-14/h4-10H2,1-3H3,(H,15,16)(H,17,18). The Labute approximate surface area is 119 Å². The highest BCUT2D eigenvalue weighted by molar-refractivity contribution is 5.84. The van der Waals surface area contributed by atoms with Gasteiger partial charge in [-0.15, -0.1) is 0 Å². The van der Waals surface area contributed by atoms with Gasteiger partial charge in [-0.25, -0.2) is 0 Å². The number of rotatable bonds is 8. The highest BCUT2D eigenvalue weighted by Crippen LogP contribution is 2.31. The summed E-state index contributed by atoms with van der Waals surface area (Å²) in [6.07, 6.45) is 1.60. The third-order valence-electron chi connectivity index (χ3n) is 4.41. The van der Waals surface area contributed by atoms with Crippen molar-refractivity contribution in [3.05, 3.63) is 0 Å². The molecule has 1 aliphatic rings. The van der Waals surface area contributed by atoms with Gasteiger partial charge in [0.2, 0.25) is 5.91 Å². The molecule has 1 unspecified atom stereocenters. The predicted molar refractivity (Wildman–Crippen MR) is 73.5 cm³/mol. The summed E-state index contributed by atoms with van der Waals surface area (Å²) in [5.41, 5.74) is -1.45. The Morgan fingerprint density at radius 3 is 2.45 bits per heavy atom. The van der Waals surface area contributed by atoms with Crippen LogP contribution in [0.25, 0.3) is 0 Å². The maximum atomic E-state index is 12.0. The fourth-order valence-corrected chi connectivity index (χ4v) is 2.47. The first-order chi connectivity index (χ1) is 9.43. The molecule has 1 rings (SSSR count). The molecule has 1 heterocycles. The van der Waals surface area contributed by atoms with E-state index in [2.05, 4.69) is 5.32 Å². The summed E-state index contributed by atoms with van der Waals surface area (Å²) in [4.78, 5) is 23.4. The van der Waals surface area contributed by atoms with E-state index in [0.717, 1.165) is 6.42 Å². The van der Waals surface area contributed by atoms with Crippen LogP contribution in [0.2, 0.25) is 0 Å². The summed E-state index contributed by atoms with van der Waals surface area (Å²) in [5.74, 6) is -1.16. The van der Waals surface area contributed by atoms with Crippen LogP contribution in [0.1, 0.15) is 39.5 Å². The maximum absolute atomic E-state index is 12.0. The van der Waals surface area contributed by atoms with Crippen LogP contribution in [-0.2, 0) is 19.1 Å². The molecule has 6 heteroatoms. The van der Waals surface area contributed by atoms with Crippen LogP contribution in [-0.4, -0.2) is 49.5 Å². The van der Waals surface area contributed by atoms with Crippen molar-refractivity contribution in [2.75, 3.05) is 26.9 Å². The minimum absolute atomic E-state index is 0.00398. The smallest absolute Gasteiger partial charge is 0.310 e. The van der Waals surface area contributed by atoms with Gasteiger partial charge in [0.1, 0.15) is 5.60 Å². The van der Waals surface area contributed by atoms with Gasteiger partial charge in [-0.2, -0.15) is 0 Å². The molecule has 1 amide bonds. The zero-order valence-electron chi connectivity index (χ0n) is 12.5. The highest BCUT2D eigenvalue weighted by atomic mass is 16.5. The number of carboxylic acids is 1. The Bertz CT molecular complexity index is 345. The Kier molecular flexibility index (Phi) is 5.95. The summed E-state index contributed by atoms with van der Waals surface area (Å²) < 4.78 is 10.7. The third kappa shape index (κ3) is 3.70. The fraction of sp³-hybridized carbons (Fsp3) is 0.857. The van der Waals surface area contributed by atoms with Gasteiger partial charge in [0.05, 0.1) is 12.0 Å². The highest BCUT2D eigenvalue weighted by Gasteiger charge is 2.39. The summed E-state index contributed by atoms with van der Waals surface area (Å²) in [5, 5.41) is 12.1. The van der Waals surface area contributed by atoms with Crippen molar-refractivity contribution in [3.63, 3.8) is 0 Å². The summed E-state index contributed by atoms with van der Waals surface area (Å²) >= 11 is 0. The molecule has 116 valence electrons. The molecule has 0 aromatic heterocycles. The Balaban J connectivity index is 2.56. The van der Waals surface area contributed by atoms with E-state index in [9.17, 15) is 14.7 Å². The molecule has 1 saturated heterocycles. The quantitative estimate of drug-likeness (QED) is 0.700. The van der Waals surface area contributed by atoms with E-state index in [0.29, 0.717) is 32.6 Å². The number of carbonyl (C=O) groups is 2. The van der Waals surface area contributed by atoms with E-state index >= 15 is 0 Å². The number of hydrogen-bond donors (Lipinski definition) is 2. The van der Waals surface area contributed by atoms with E-state index in [-0.39, 0.29) is 12.3 Å². The van der Waals surface area contributed by atoms with Crippen molar-refractivity contribution in [3.8, 4) is 0 Å². The second-order valence-corrected chi connectivity index (χ2v) is 5.44. The largest absolute Gasteiger partial charge is 0.481 e. The topological polar surface area (TPSA) is 84.9 Å². The lowest BCUT2D eigenvalue weighted by Crippen LogP contribution is -2.46. The van der Waals surface area contributed by atoms with Gasteiger partial charge in [-0.3, -0.25) is 9.59 Å². The molecule has 0 aromatic rings. The molecular weight excluding hydrogens is 262 g/mol. The second kappa shape index (κ2) is 7.04. The van der Waals surface area contributed by atoms with Gasteiger partial charge in [0.15, 0.2) is 0 Å². The molecule has 0 aromatic carbocycles. The molecule has 6 nitrogen and oxygen atoms in total. The molecule has 1 aliphatic heterocycles. The Morgan fingerprint density at radius 2 is 2.05 bits per heavy atom. The first kappa shape index (κ1) is 16.9. The van der Waals surface area contributed by atoms with Crippen LogP contribution >= 0.6 is 0 Å². The fourth-order valence-electron chi connectivity index (χ4n) is 2.47. The van der Waals surface area contributed by atoms with Crippen molar-refractivity contribution in [1.29, 1.82) is 0 Å². The van der Waals surface area contributed by atoms with Gasteiger partial charge < -0.3 is 19.9 Å². The van der Waals surface area contributed by atoms with Gasteiger partial charge in [-0.05, 0) is 12.8 Å². The number of ether oxygens (including phenoxy) is 2. The lowest BCUT2D eigenvalue weighted by Gasteiger charge is -2.29. The molecule has 0 bridgehead atoms. The summed E-state index contributed by atoms with van der Waals surface area (Å²) in [7, 11) is 1.60. The van der Waals surface area contributed by atoms with Crippen molar-refractivity contribution < 1.29 is 24.2 Å². The van der Waals surface area contributed by atoms with Crippen molar-refractivity contribution in [1.82, 2.24) is 5.32 Å². The second-order valence-electron chi connectivity index (χ2n) is 5.44. The number of methoxy groups -OCH3 is 1. The molecular formula is C14H25NO5. The molecule has 1 atom stereocenters. The molecule has 2 N–H and O–H groups in total. The van der Waals surface area contributed by atoms with Crippen LogP contribution in [0.15, 0.2) is 0 Å². The molecule has 1 fully saturated rings. The van der Waals surface area contributed by atoms with Crippen molar-refractivity contribution >= 4 is 11.9 Å². The number of nitrogens with one attached hydrogen (secondary N) is 1. The molecule has 0 radical (unpaired) electrons. The first-order valence-corrected chi connectivity index (χ1v) is 7.06. The first-order valence-electron chi connectivity index (χ1n) is 7.06. The monoisotopic (exact) mass is 287 g/mol. The van der Waals surface area contributed by atoms with Crippen LogP contribution in [0.4, 0.5) is 0 Å². The average Bonchev–Trinajstić information content (AvgIpc) is 2.92. The average molecular weight is 287 g/mol. The number of carbonyl (C=O) groups excluding carboxylic acids is 1. The maximum Gasteiger partial charge on any atom is 0.310 e. The van der Waals surface area contributed by atoms with Gasteiger partial charge in [-0.1, -0.05) is 13.8 Å². The molecule has 20 heavy (non-hydrogen) atoms. The van der Waals surface area contributed by atoms with E-state index in [1.165, 1.54) is 0 Å². The lowest BCUT2D eigenvalue weighted by molar-refractivity contribution is -0.152. The normalized spacial score (nSPS) is 22.8. The van der Waals surface area contributed by atoms with E-state index in [4.69, 9.17) is 9.47 Å². The van der Waals surface area contributed by atoms with Gasteiger partial charge >= 0.3 is 5.97 Å². The van der Waals surface area contributed by atoms with E-state index in [1.54, 1.807) is 21.0 Å².